The number of aromatic nitrogens is 2. The summed E-state index contributed by atoms with van der Waals surface area (Å²) in [6, 6.07) is 8.50. The second kappa shape index (κ2) is 8.90. The van der Waals surface area contributed by atoms with Crippen molar-refractivity contribution in [1.29, 1.82) is 0 Å². The van der Waals surface area contributed by atoms with Crippen molar-refractivity contribution in [1.82, 2.24) is 14.9 Å². The molecule has 1 saturated heterocycles. The minimum atomic E-state index is -0.238. The number of nitrogens with zero attached hydrogens (tertiary/aromatic N) is 4. The molecule has 1 atom stereocenters. The molecule has 3 rings (SSSR count). The third-order valence-electron chi connectivity index (χ3n) is 4.99. The minimum absolute atomic E-state index is 0.133. The molecule has 0 radical (unpaired) electrons. The topological polar surface area (TPSA) is 65.9 Å². The van der Waals surface area contributed by atoms with E-state index in [-0.39, 0.29) is 17.8 Å². The molecule has 0 unspecified atom stereocenters. The van der Waals surface area contributed by atoms with Crippen molar-refractivity contribution < 1.29 is 14.5 Å². The molecule has 0 aliphatic carbocycles. The van der Waals surface area contributed by atoms with Crippen LogP contribution in [0.1, 0.15) is 25.5 Å². The molecule has 0 spiro atoms. The van der Waals surface area contributed by atoms with Crippen LogP contribution in [0.15, 0.2) is 42.7 Å². The third-order valence-corrected chi connectivity index (χ3v) is 4.99. The number of hydrogen-bond acceptors (Lipinski definition) is 4. The van der Waals surface area contributed by atoms with E-state index in [0.29, 0.717) is 31.5 Å². The second-order valence-electron chi connectivity index (χ2n) is 7.18. The number of carbonyl (C=O) groups excluding carboxylic acids is 1. The van der Waals surface area contributed by atoms with Crippen molar-refractivity contribution in [2.45, 2.75) is 19.9 Å². The van der Waals surface area contributed by atoms with E-state index < -0.39 is 0 Å². The highest BCUT2D eigenvalue weighted by molar-refractivity contribution is 5.77. The lowest BCUT2D eigenvalue weighted by Crippen LogP contribution is -2.88. The van der Waals surface area contributed by atoms with Gasteiger partial charge in [0.15, 0.2) is 6.54 Å². The maximum Gasteiger partial charge on any atom is 0.277 e. The largest absolute Gasteiger partial charge is 0.337 e. The molecule has 1 aliphatic rings. The van der Waals surface area contributed by atoms with Gasteiger partial charge in [0.1, 0.15) is 11.9 Å². The zero-order valence-electron chi connectivity index (χ0n) is 15.9. The van der Waals surface area contributed by atoms with Gasteiger partial charge in [0, 0.05) is 50.1 Å². The van der Waals surface area contributed by atoms with Crippen LogP contribution in [0.4, 0.5) is 10.3 Å². The molecule has 1 amide bonds. The molecule has 2 N–H and O–H groups in total. The molecular weight excluding hydrogens is 345 g/mol. The van der Waals surface area contributed by atoms with Crippen LogP contribution >= 0.6 is 0 Å². The fourth-order valence-corrected chi connectivity index (χ4v) is 3.45. The van der Waals surface area contributed by atoms with Gasteiger partial charge in [-0.3, -0.25) is 4.79 Å². The number of nitrogens with two attached hydrogens (primary N) is 1. The summed E-state index contributed by atoms with van der Waals surface area (Å²) in [6.07, 6.45) is 3.46. The summed E-state index contributed by atoms with van der Waals surface area (Å²) in [5.74, 6) is 0.955. The highest BCUT2D eigenvalue weighted by atomic mass is 19.1. The lowest BCUT2D eigenvalue weighted by atomic mass is 9.96. The van der Waals surface area contributed by atoms with Gasteiger partial charge in [0.2, 0.25) is 5.95 Å². The number of quaternary nitrogens is 1. The number of hydrogen-bond donors (Lipinski definition) is 1. The summed E-state index contributed by atoms with van der Waals surface area (Å²) in [5.41, 5.74) is 1.05. The number of benzene rings is 1. The molecule has 2 heterocycles. The van der Waals surface area contributed by atoms with Crippen LogP contribution in [-0.2, 0) is 4.79 Å². The summed E-state index contributed by atoms with van der Waals surface area (Å²) in [5, 5.41) is 2.06. The third kappa shape index (κ3) is 5.01. The van der Waals surface area contributed by atoms with E-state index in [1.54, 1.807) is 30.6 Å². The molecule has 0 saturated carbocycles. The first-order chi connectivity index (χ1) is 13.0. The molecule has 1 aromatic carbocycles. The fraction of sp³-hybridized carbons (Fsp3) is 0.450. The van der Waals surface area contributed by atoms with Crippen molar-refractivity contribution in [3.05, 3.63) is 54.1 Å². The van der Waals surface area contributed by atoms with Crippen molar-refractivity contribution in [2.75, 3.05) is 37.6 Å². The Morgan fingerprint density at radius 3 is 2.33 bits per heavy atom. The van der Waals surface area contributed by atoms with E-state index in [0.717, 1.165) is 18.7 Å². The minimum Gasteiger partial charge on any atom is -0.337 e. The van der Waals surface area contributed by atoms with Gasteiger partial charge < -0.3 is 15.1 Å². The van der Waals surface area contributed by atoms with E-state index in [1.807, 2.05) is 4.90 Å². The Kier molecular flexibility index (Phi) is 6.34. The smallest absolute Gasteiger partial charge is 0.277 e. The average molecular weight is 372 g/mol. The molecule has 1 fully saturated rings. The van der Waals surface area contributed by atoms with Gasteiger partial charge in [-0.25, -0.2) is 14.4 Å². The van der Waals surface area contributed by atoms with Gasteiger partial charge in [-0.15, -0.1) is 0 Å². The van der Waals surface area contributed by atoms with Crippen molar-refractivity contribution in [2.24, 2.45) is 5.92 Å². The van der Waals surface area contributed by atoms with Gasteiger partial charge in [-0.2, -0.15) is 0 Å². The summed E-state index contributed by atoms with van der Waals surface area (Å²) in [7, 11) is 0. The van der Waals surface area contributed by atoms with Gasteiger partial charge in [0.25, 0.3) is 5.91 Å². The van der Waals surface area contributed by atoms with Crippen LogP contribution in [0.5, 0.6) is 0 Å². The summed E-state index contributed by atoms with van der Waals surface area (Å²) in [6.45, 7) is 7.45. The Bertz CT molecular complexity index is 730. The van der Waals surface area contributed by atoms with E-state index in [1.165, 1.54) is 12.1 Å². The van der Waals surface area contributed by atoms with Gasteiger partial charge in [-0.05, 0) is 18.2 Å². The number of amides is 1. The Hall–Kier alpha value is -2.54. The zero-order chi connectivity index (χ0) is 19.2. The monoisotopic (exact) mass is 372 g/mol. The van der Waals surface area contributed by atoms with E-state index >= 15 is 0 Å². The number of piperazine rings is 1. The molecule has 144 valence electrons. The fourth-order valence-electron chi connectivity index (χ4n) is 3.45. The lowest BCUT2D eigenvalue weighted by Gasteiger charge is -2.34. The van der Waals surface area contributed by atoms with Crippen molar-refractivity contribution in [3.63, 3.8) is 0 Å². The normalized spacial score (nSPS) is 15.9. The summed E-state index contributed by atoms with van der Waals surface area (Å²) in [4.78, 5) is 25.2. The number of carbonyl (C=O) groups is 1. The molecule has 7 heteroatoms. The Morgan fingerprint density at radius 2 is 1.74 bits per heavy atom. The Morgan fingerprint density at radius 1 is 1.11 bits per heavy atom. The molecule has 1 aromatic heterocycles. The lowest BCUT2D eigenvalue weighted by molar-refractivity contribution is -0.692. The maximum absolute atomic E-state index is 13.2. The average Bonchev–Trinajstić information content (AvgIpc) is 2.70. The number of halogens is 1. The van der Waals surface area contributed by atoms with E-state index in [2.05, 4.69) is 34.0 Å². The van der Waals surface area contributed by atoms with Crippen LogP contribution in [0.2, 0.25) is 0 Å². The molecular formula is C20H27FN5O+. The SMILES string of the molecule is CC(C)[C@H]([NH2+]CC(=O)N1CCN(c2ncccn2)CC1)c1ccc(F)cc1. The van der Waals surface area contributed by atoms with Gasteiger partial charge >= 0.3 is 0 Å². The van der Waals surface area contributed by atoms with Gasteiger partial charge in [0.05, 0.1) is 0 Å². The molecule has 27 heavy (non-hydrogen) atoms. The van der Waals surface area contributed by atoms with Crippen LogP contribution in [0, 0.1) is 11.7 Å². The summed E-state index contributed by atoms with van der Waals surface area (Å²) < 4.78 is 13.2. The standard InChI is InChI=1S/C20H26FN5O/c1-15(2)19(16-4-6-17(21)7-5-16)24-14-18(27)25-10-12-26(13-11-25)20-22-8-3-9-23-20/h3-9,15,19,24H,10-14H2,1-2H3/p+1/t19-/m0/s1. The molecule has 0 bridgehead atoms. The highest BCUT2D eigenvalue weighted by Crippen LogP contribution is 2.18. The first-order valence-corrected chi connectivity index (χ1v) is 9.43. The molecule has 6 nitrogen and oxygen atoms in total. The van der Waals surface area contributed by atoms with Crippen LogP contribution in [0.3, 0.4) is 0 Å². The van der Waals surface area contributed by atoms with Crippen LogP contribution in [0.25, 0.3) is 0 Å². The maximum atomic E-state index is 13.2. The van der Waals surface area contributed by atoms with Gasteiger partial charge in [-0.1, -0.05) is 26.0 Å². The van der Waals surface area contributed by atoms with Crippen molar-refractivity contribution >= 4 is 11.9 Å². The quantitative estimate of drug-likeness (QED) is 0.828. The van der Waals surface area contributed by atoms with Crippen LogP contribution < -0.4 is 10.2 Å². The second-order valence-corrected chi connectivity index (χ2v) is 7.18. The summed E-state index contributed by atoms with van der Waals surface area (Å²) >= 11 is 0. The first kappa shape index (κ1) is 19.2. The van der Waals surface area contributed by atoms with Crippen molar-refractivity contribution in [3.8, 4) is 0 Å². The number of rotatable bonds is 6. The predicted octanol–water partition coefficient (Wildman–Crippen LogP) is 1.22. The predicted molar refractivity (Wildman–Crippen MR) is 102 cm³/mol. The number of anilines is 1. The molecule has 1 aliphatic heterocycles. The highest BCUT2D eigenvalue weighted by Gasteiger charge is 2.26. The Balaban J connectivity index is 1.52. The van der Waals surface area contributed by atoms with E-state index in [9.17, 15) is 9.18 Å². The van der Waals surface area contributed by atoms with Crippen LogP contribution in [-0.4, -0.2) is 53.5 Å². The molecule has 2 aromatic rings. The zero-order valence-corrected chi connectivity index (χ0v) is 15.9. The first-order valence-electron chi connectivity index (χ1n) is 9.43. The van der Waals surface area contributed by atoms with E-state index in [4.69, 9.17) is 0 Å². The Labute approximate surface area is 159 Å².